The summed E-state index contributed by atoms with van der Waals surface area (Å²) in [5, 5.41) is 2.87. The Kier molecular flexibility index (Phi) is 8.05. The molecule has 5 nitrogen and oxygen atoms in total. The van der Waals surface area contributed by atoms with Crippen LogP contribution in [0.2, 0.25) is 0 Å². The molecule has 0 bridgehead atoms. The highest BCUT2D eigenvalue weighted by Gasteiger charge is 2.15. The molecule has 0 heterocycles. The van der Waals surface area contributed by atoms with E-state index in [-0.39, 0.29) is 17.9 Å². The Morgan fingerprint density at radius 2 is 1.61 bits per heavy atom. The summed E-state index contributed by atoms with van der Waals surface area (Å²) in [5.74, 6) is 0.501. The van der Waals surface area contributed by atoms with Crippen LogP contribution in [0.15, 0.2) is 48.5 Å². The number of carbonyl (C=O) groups excluding carboxylic acids is 2. The fraction of sp³-hybridized carbons (Fsp3) is 0.391. The van der Waals surface area contributed by atoms with Gasteiger partial charge in [0.2, 0.25) is 0 Å². The van der Waals surface area contributed by atoms with Gasteiger partial charge in [0.25, 0.3) is 11.8 Å². The maximum Gasteiger partial charge on any atom is 0.255 e. The first-order valence-electron chi connectivity index (χ1n) is 9.92. The van der Waals surface area contributed by atoms with E-state index in [0.717, 1.165) is 31.7 Å². The predicted octanol–water partition coefficient (Wildman–Crippen LogP) is 4.99. The minimum atomic E-state index is -0.223. The molecule has 0 spiro atoms. The zero-order valence-electron chi connectivity index (χ0n) is 17.2. The minimum Gasteiger partial charge on any atom is -0.491 e. The van der Waals surface area contributed by atoms with Gasteiger partial charge in [-0.1, -0.05) is 19.9 Å². The zero-order valence-corrected chi connectivity index (χ0v) is 17.2. The van der Waals surface area contributed by atoms with Crippen molar-refractivity contribution in [2.24, 2.45) is 0 Å². The lowest BCUT2D eigenvalue weighted by atomic mass is 10.1. The molecular formula is C23H30N2O3. The zero-order chi connectivity index (χ0) is 20.5. The van der Waals surface area contributed by atoms with Crippen molar-refractivity contribution in [3.63, 3.8) is 0 Å². The van der Waals surface area contributed by atoms with Gasteiger partial charge in [0.15, 0.2) is 0 Å². The number of rotatable bonds is 9. The molecule has 2 aromatic carbocycles. The molecule has 2 aromatic rings. The van der Waals surface area contributed by atoms with Crippen molar-refractivity contribution in [3.8, 4) is 5.75 Å². The third-order valence-electron chi connectivity index (χ3n) is 4.13. The molecule has 0 atom stereocenters. The third-order valence-corrected chi connectivity index (χ3v) is 4.13. The van der Waals surface area contributed by atoms with Gasteiger partial charge in [-0.25, -0.2) is 0 Å². The second-order valence-electron chi connectivity index (χ2n) is 7.02. The van der Waals surface area contributed by atoms with Crippen molar-refractivity contribution >= 4 is 17.5 Å². The Morgan fingerprint density at radius 1 is 0.964 bits per heavy atom. The normalized spacial score (nSPS) is 10.6. The Hall–Kier alpha value is -2.82. The summed E-state index contributed by atoms with van der Waals surface area (Å²) < 4.78 is 5.60. The molecule has 0 unspecified atom stereocenters. The fourth-order valence-corrected chi connectivity index (χ4v) is 2.93. The number of nitrogens with zero attached hydrogens (tertiary/aromatic N) is 1. The number of hydrogen-bond donors (Lipinski definition) is 1. The van der Waals surface area contributed by atoms with Crippen LogP contribution in [0.3, 0.4) is 0 Å². The summed E-state index contributed by atoms with van der Waals surface area (Å²) in [7, 11) is 0. The van der Waals surface area contributed by atoms with Gasteiger partial charge in [0, 0.05) is 29.9 Å². The van der Waals surface area contributed by atoms with Crippen molar-refractivity contribution in [2.45, 2.75) is 46.6 Å². The SMILES string of the molecule is CCCN(CCC)C(=O)c1cccc(NC(=O)c2ccc(OC(C)C)cc2)c1. The quantitative estimate of drug-likeness (QED) is 0.665. The van der Waals surface area contributed by atoms with E-state index in [4.69, 9.17) is 4.74 Å². The van der Waals surface area contributed by atoms with Crippen LogP contribution in [-0.4, -0.2) is 35.9 Å². The van der Waals surface area contributed by atoms with Crippen LogP contribution in [0.5, 0.6) is 5.75 Å². The topological polar surface area (TPSA) is 58.6 Å². The van der Waals surface area contributed by atoms with Crippen molar-refractivity contribution < 1.29 is 14.3 Å². The lowest BCUT2D eigenvalue weighted by Gasteiger charge is -2.21. The molecule has 2 rings (SSSR count). The number of hydrogen-bond acceptors (Lipinski definition) is 3. The molecule has 2 amide bonds. The fourth-order valence-electron chi connectivity index (χ4n) is 2.93. The van der Waals surface area contributed by atoms with Crippen LogP contribution in [0, 0.1) is 0 Å². The number of benzene rings is 2. The highest BCUT2D eigenvalue weighted by Crippen LogP contribution is 2.17. The average molecular weight is 383 g/mol. The first-order chi connectivity index (χ1) is 13.4. The van der Waals surface area contributed by atoms with E-state index in [9.17, 15) is 9.59 Å². The van der Waals surface area contributed by atoms with Crippen molar-refractivity contribution in [1.82, 2.24) is 4.90 Å². The van der Waals surface area contributed by atoms with Gasteiger partial charge in [0.1, 0.15) is 5.75 Å². The number of anilines is 1. The molecule has 0 aliphatic carbocycles. The first-order valence-corrected chi connectivity index (χ1v) is 9.92. The maximum atomic E-state index is 12.8. The Morgan fingerprint density at radius 3 is 2.18 bits per heavy atom. The summed E-state index contributed by atoms with van der Waals surface area (Å²) in [6.45, 7) is 9.49. The number of ether oxygens (including phenoxy) is 1. The van der Waals surface area contributed by atoms with Crippen molar-refractivity contribution in [2.75, 3.05) is 18.4 Å². The highest BCUT2D eigenvalue weighted by atomic mass is 16.5. The smallest absolute Gasteiger partial charge is 0.255 e. The van der Waals surface area contributed by atoms with E-state index in [1.54, 1.807) is 48.5 Å². The van der Waals surface area contributed by atoms with Gasteiger partial charge in [-0.05, 0) is 69.2 Å². The molecule has 1 N–H and O–H groups in total. The van der Waals surface area contributed by atoms with Gasteiger partial charge in [-0.15, -0.1) is 0 Å². The number of carbonyl (C=O) groups is 2. The monoisotopic (exact) mass is 382 g/mol. The summed E-state index contributed by atoms with van der Waals surface area (Å²) in [4.78, 5) is 27.1. The van der Waals surface area contributed by atoms with E-state index in [2.05, 4.69) is 19.2 Å². The molecule has 0 saturated heterocycles. The molecule has 5 heteroatoms. The lowest BCUT2D eigenvalue weighted by Crippen LogP contribution is -2.32. The van der Waals surface area contributed by atoms with Crippen LogP contribution in [-0.2, 0) is 0 Å². The van der Waals surface area contributed by atoms with E-state index in [0.29, 0.717) is 16.8 Å². The van der Waals surface area contributed by atoms with Crippen molar-refractivity contribution in [3.05, 3.63) is 59.7 Å². The van der Waals surface area contributed by atoms with Gasteiger partial charge in [0.05, 0.1) is 6.10 Å². The highest BCUT2D eigenvalue weighted by molar-refractivity contribution is 6.05. The standard InChI is InChI=1S/C23H30N2O3/c1-5-14-25(15-6-2)23(27)19-8-7-9-20(16-19)24-22(26)18-10-12-21(13-11-18)28-17(3)4/h7-13,16-17H,5-6,14-15H2,1-4H3,(H,24,26). The molecule has 0 aliphatic rings. The summed E-state index contributed by atoms with van der Waals surface area (Å²) in [5.41, 5.74) is 1.72. The van der Waals surface area contributed by atoms with E-state index < -0.39 is 0 Å². The molecular weight excluding hydrogens is 352 g/mol. The van der Waals surface area contributed by atoms with Crippen LogP contribution in [0.1, 0.15) is 61.3 Å². The van der Waals surface area contributed by atoms with Gasteiger partial charge < -0.3 is 15.0 Å². The molecule has 0 radical (unpaired) electrons. The third kappa shape index (κ3) is 6.12. The van der Waals surface area contributed by atoms with Crippen LogP contribution in [0.4, 0.5) is 5.69 Å². The number of nitrogens with one attached hydrogen (secondary N) is 1. The molecule has 28 heavy (non-hydrogen) atoms. The molecule has 0 saturated carbocycles. The van der Waals surface area contributed by atoms with Gasteiger partial charge >= 0.3 is 0 Å². The van der Waals surface area contributed by atoms with Crippen molar-refractivity contribution in [1.29, 1.82) is 0 Å². The first kappa shape index (κ1) is 21.5. The minimum absolute atomic E-state index is 0.00464. The molecule has 0 fully saturated rings. The summed E-state index contributed by atoms with van der Waals surface area (Å²) in [6.07, 6.45) is 1.91. The molecule has 0 aliphatic heterocycles. The van der Waals surface area contributed by atoms with Gasteiger partial charge in [-0.3, -0.25) is 9.59 Å². The Labute approximate surface area is 167 Å². The van der Waals surface area contributed by atoms with Gasteiger partial charge in [-0.2, -0.15) is 0 Å². The second kappa shape index (κ2) is 10.5. The number of amides is 2. The maximum absolute atomic E-state index is 12.8. The molecule has 0 aromatic heterocycles. The van der Waals surface area contributed by atoms with Crippen LogP contribution in [0.25, 0.3) is 0 Å². The van der Waals surface area contributed by atoms with Crippen LogP contribution >= 0.6 is 0 Å². The second-order valence-corrected chi connectivity index (χ2v) is 7.02. The summed E-state index contributed by atoms with van der Waals surface area (Å²) in [6, 6.07) is 14.1. The largest absolute Gasteiger partial charge is 0.491 e. The van der Waals surface area contributed by atoms with E-state index in [1.165, 1.54) is 0 Å². The van der Waals surface area contributed by atoms with E-state index >= 15 is 0 Å². The molecule has 150 valence electrons. The predicted molar refractivity (Wildman–Crippen MR) is 113 cm³/mol. The Bertz CT molecular complexity index is 779. The van der Waals surface area contributed by atoms with Crippen LogP contribution < -0.4 is 10.1 Å². The Balaban J connectivity index is 2.09. The van der Waals surface area contributed by atoms with E-state index in [1.807, 2.05) is 18.7 Å². The lowest BCUT2D eigenvalue weighted by molar-refractivity contribution is 0.0755. The average Bonchev–Trinajstić information content (AvgIpc) is 2.67. The summed E-state index contributed by atoms with van der Waals surface area (Å²) >= 11 is 0.